The average Bonchev–Trinajstić information content (AvgIpc) is 1.50. The summed E-state index contributed by atoms with van der Waals surface area (Å²) in [6.45, 7) is 11.0. The highest BCUT2D eigenvalue weighted by Crippen LogP contribution is 2.53. The molecule has 0 aliphatic carbocycles. The van der Waals surface area contributed by atoms with Crippen LogP contribution in [0.25, 0.3) is 0 Å². The first-order chi connectivity index (χ1) is 63.1. The highest BCUT2D eigenvalue weighted by atomic mass is 19.2. The fraction of sp³-hybridized carbons (Fsp3) is 0.374. The summed E-state index contributed by atoms with van der Waals surface area (Å²) >= 11 is 0. The van der Waals surface area contributed by atoms with Crippen molar-refractivity contribution in [3.05, 3.63) is 279 Å². The molecule has 678 valence electrons. The van der Waals surface area contributed by atoms with Crippen molar-refractivity contribution in [1.82, 2.24) is 28.7 Å². The zero-order valence-electron chi connectivity index (χ0n) is 70.5. The predicted octanol–water partition coefficient (Wildman–Crippen LogP) is 9.67. The van der Waals surface area contributed by atoms with Gasteiger partial charge in [-0.2, -0.15) is 0 Å². The van der Waals surface area contributed by atoms with Gasteiger partial charge in [-0.25, -0.2) is 40.7 Å². The number of para-hydroxylation sites is 3. The van der Waals surface area contributed by atoms with Gasteiger partial charge in [-0.05, 0) is 80.8 Å². The van der Waals surface area contributed by atoms with Crippen LogP contribution in [0.4, 0.5) is 57.8 Å². The molecular weight excluding hydrogens is 1710 g/mol. The largest absolute Gasteiger partial charge is 0.514 e. The van der Waals surface area contributed by atoms with E-state index in [1.807, 2.05) is 103 Å². The minimum atomic E-state index is -1.13. The Morgan fingerprint density at radius 1 is 0.354 bits per heavy atom. The third-order valence-electron chi connectivity index (χ3n) is 25.1. The Labute approximate surface area is 736 Å². The van der Waals surface area contributed by atoms with Gasteiger partial charge in [0.15, 0.2) is 52.0 Å². The number of rotatable bonds is 9. The van der Waals surface area contributed by atoms with E-state index in [0.717, 1.165) is 52.0 Å². The van der Waals surface area contributed by atoms with Crippen LogP contribution >= 0.6 is 0 Å². The molecule has 12 aliphatic rings. The molecule has 6 saturated heterocycles. The van der Waals surface area contributed by atoms with Crippen molar-refractivity contribution in [2.75, 3.05) is 161 Å². The summed E-state index contributed by atoms with van der Waals surface area (Å²) in [5.41, 5.74) is 3.83. The molecule has 33 nitrogen and oxygen atoms in total. The number of carbonyl (C=O) groups excluding carboxylic acids is 6. The number of anilines is 3. The fourth-order valence-corrected chi connectivity index (χ4v) is 19.8. The Balaban J connectivity index is 0.000000126. The summed E-state index contributed by atoms with van der Waals surface area (Å²) < 4.78 is 163. The lowest BCUT2D eigenvalue weighted by atomic mass is 9.91. The zero-order valence-corrected chi connectivity index (χ0v) is 70.5. The highest BCUT2D eigenvalue weighted by molar-refractivity contribution is 5.99. The summed E-state index contributed by atoms with van der Waals surface area (Å²) in [5, 5.41) is 5.42. The fourth-order valence-electron chi connectivity index (χ4n) is 19.8. The molecule has 9 atom stereocenters. The van der Waals surface area contributed by atoms with E-state index in [0.29, 0.717) is 56.1 Å². The Morgan fingerprint density at radius 3 is 0.923 bits per heavy atom. The van der Waals surface area contributed by atoms with Crippen molar-refractivity contribution in [2.45, 2.75) is 88.5 Å². The lowest BCUT2D eigenvalue weighted by Crippen LogP contribution is -2.66. The predicted molar refractivity (Wildman–Crippen MR) is 448 cm³/mol. The van der Waals surface area contributed by atoms with E-state index in [2.05, 4.69) is 0 Å². The lowest BCUT2D eigenvalue weighted by Gasteiger charge is -2.51. The molecule has 21 rings (SSSR count). The number of morpholine rings is 6. The molecule has 12 aliphatic heterocycles. The molecule has 3 amide bonds. The second-order valence-electron chi connectivity index (χ2n) is 32.3. The maximum Gasteiger partial charge on any atom is 0.514 e. The van der Waals surface area contributed by atoms with Gasteiger partial charge in [0.05, 0.1) is 117 Å². The first-order valence-electron chi connectivity index (χ1n) is 42.7. The van der Waals surface area contributed by atoms with Gasteiger partial charge in [0.1, 0.15) is 36.6 Å². The van der Waals surface area contributed by atoms with Crippen LogP contribution in [0.2, 0.25) is 0 Å². The lowest BCUT2D eigenvalue weighted by molar-refractivity contribution is -0.0199. The Bertz CT molecular complexity index is 6000. The van der Waals surface area contributed by atoms with E-state index in [1.54, 1.807) is 60.6 Å². The third-order valence-corrected chi connectivity index (χ3v) is 25.1. The number of carbonyl (C=O) groups is 6. The van der Waals surface area contributed by atoms with Crippen molar-refractivity contribution in [3.63, 3.8) is 0 Å². The van der Waals surface area contributed by atoms with Crippen LogP contribution in [0.3, 0.4) is 0 Å². The van der Waals surface area contributed by atoms with Crippen molar-refractivity contribution in [1.29, 1.82) is 0 Å². The molecule has 6 aromatic carbocycles. The van der Waals surface area contributed by atoms with E-state index in [9.17, 15) is 56.3 Å². The highest BCUT2D eigenvalue weighted by Gasteiger charge is 2.54. The quantitative estimate of drug-likeness (QED) is 0.0737. The molecule has 0 radical (unpaired) electrons. The van der Waals surface area contributed by atoms with Gasteiger partial charge in [-0.15, -0.1) is 0 Å². The number of nitrogens with zero attached hydrogens (tertiary/aromatic N) is 12. The first-order valence-corrected chi connectivity index (χ1v) is 42.7. The Hall–Kier alpha value is -13.5. The van der Waals surface area contributed by atoms with Crippen molar-refractivity contribution >= 4 is 53.2 Å². The molecule has 0 saturated carbocycles. The van der Waals surface area contributed by atoms with Crippen LogP contribution in [-0.2, 0) is 42.6 Å². The standard InChI is InChI=1S/C31H30F2N4O7.2C30H28F2N4O7/c1-17(2)43-31(40)44-29-23(38)9-10-36-28(29)30(39)35-12-14-42-16-24(35)37(36)27-18-5-3-4-6-21(18)34-11-13-41-15-22(34)25-19(27)7-8-20(32)26(25)33;2*1-2-42-30(39)43-28-22(37)9-10-35-27(28)29(38)34-12-14-41-16-23(34)36(35)26-17-5-3-4-6-20(17)33-11-13-40-15-21(33)24-18(26)7-8-19(31)25(24)32/h3-10,17,22,24,27H,11-16H2,1-2H3;2*3-10,21,23,26H,2,11-16H2,1H3/t;21?,23-,26-;/m.1./s1. The van der Waals surface area contributed by atoms with Crippen LogP contribution in [0.15, 0.2) is 160 Å². The number of amides is 3. The SMILES string of the molecule is CC(C)OC(=O)Oc1c2n(ccc1=O)N(C1c3ccccc3N3CCOCC3c3c1ccc(F)c3F)C1COCCN1C2=O.CCOC(=O)Oc1c2n(ccc1=O)N(C1c3ccccc3N3CCOCC3c3c1ccc(F)c3F)C1COCCN1C2=O.CCOC(=O)Oc1c2n(ccc1=O)N([C@@H]1c3ccccc3N3CCOCC3c3c1ccc(F)c3F)[C@@H]1COCCN1C2=O. The maximum atomic E-state index is 16.0. The van der Waals surface area contributed by atoms with E-state index < -0.39 is 165 Å². The number of fused-ring (bicyclic) bond motifs is 21. The second-order valence-corrected chi connectivity index (χ2v) is 32.3. The van der Waals surface area contributed by atoms with Gasteiger partial charge in [0, 0.05) is 127 Å². The van der Waals surface area contributed by atoms with E-state index >= 15 is 13.2 Å². The van der Waals surface area contributed by atoms with Gasteiger partial charge in [0.2, 0.25) is 33.5 Å². The monoisotopic (exact) mass is 1800 g/mol. The molecule has 0 N–H and O–H groups in total. The molecule has 0 spiro atoms. The second kappa shape index (κ2) is 35.2. The number of hydrogen-bond acceptors (Lipinski definition) is 27. The summed E-state index contributed by atoms with van der Waals surface area (Å²) in [6, 6.07) is 29.9. The van der Waals surface area contributed by atoms with Gasteiger partial charge in [0.25, 0.3) is 17.7 Å². The van der Waals surface area contributed by atoms with Crippen LogP contribution in [-0.4, -0.2) is 221 Å². The molecule has 7 unspecified atom stereocenters. The Morgan fingerprint density at radius 2 is 0.631 bits per heavy atom. The normalized spacial score (nSPS) is 22.4. The van der Waals surface area contributed by atoms with E-state index in [-0.39, 0.29) is 126 Å². The molecule has 3 aromatic heterocycles. The topological polar surface area (TPSA) is 308 Å². The van der Waals surface area contributed by atoms with Gasteiger partial charge in [-0.1, -0.05) is 72.8 Å². The van der Waals surface area contributed by atoms with Gasteiger partial charge in [-0.3, -0.25) is 57.8 Å². The Kier molecular flexibility index (Phi) is 23.3. The number of halogens is 6. The van der Waals surface area contributed by atoms with Crippen molar-refractivity contribution in [3.8, 4) is 17.2 Å². The minimum Gasteiger partial charge on any atom is -0.434 e. The molecule has 0 bridgehead atoms. The molecule has 9 aromatic rings. The molecule has 39 heteroatoms. The van der Waals surface area contributed by atoms with Gasteiger partial charge >= 0.3 is 18.5 Å². The maximum absolute atomic E-state index is 16.0. The smallest absolute Gasteiger partial charge is 0.434 e. The van der Waals surface area contributed by atoms with Crippen molar-refractivity contribution in [2.24, 2.45) is 0 Å². The molecular formula is C91H86F6N12O21. The van der Waals surface area contributed by atoms with E-state index in [1.165, 1.54) is 50.8 Å². The van der Waals surface area contributed by atoms with Crippen LogP contribution < -0.4 is 60.2 Å². The average molecular weight is 1800 g/mol. The van der Waals surface area contributed by atoms with Gasteiger partial charge < -0.3 is 86.2 Å². The first kappa shape index (κ1) is 85.9. The summed E-state index contributed by atoms with van der Waals surface area (Å²) in [6.07, 6.45) is -1.79. The third kappa shape index (κ3) is 14.6. The van der Waals surface area contributed by atoms with Crippen molar-refractivity contribution < 1.29 is 112 Å². The number of hydrogen-bond donors (Lipinski definition) is 0. The summed E-state index contributed by atoms with van der Waals surface area (Å²) in [4.78, 5) is 129. The number of ether oxygens (including phenoxy) is 12. The number of benzene rings is 6. The molecule has 6 fully saturated rings. The van der Waals surface area contributed by atoms with Crippen LogP contribution in [0.5, 0.6) is 17.2 Å². The summed E-state index contributed by atoms with van der Waals surface area (Å²) in [7, 11) is 0. The minimum absolute atomic E-state index is 0.0000527. The van der Waals surface area contributed by atoms with Crippen LogP contribution in [0.1, 0.15) is 145 Å². The van der Waals surface area contributed by atoms with Crippen LogP contribution in [0, 0.1) is 34.9 Å². The zero-order chi connectivity index (χ0) is 90.4. The van der Waals surface area contributed by atoms with E-state index in [4.69, 9.17) is 56.8 Å². The number of aromatic nitrogens is 3. The molecule has 15 heterocycles. The molecule has 130 heavy (non-hydrogen) atoms. The summed E-state index contributed by atoms with van der Waals surface area (Å²) in [5.74, 6) is -8.99. The number of pyridine rings is 3.